The van der Waals surface area contributed by atoms with Gasteiger partial charge in [0.2, 0.25) is 0 Å². The highest BCUT2D eigenvalue weighted by atomic mass is 28.4. The van der Waals surface area contributed by atoms with Crippen molar-refractivity contribution >= 4 is 14.3 Å². The summed E-state index contributed by atoms with van der Waals surface area (Å²) in [5.41, 5.74) is 0.0993. The van der Waals surface area contributed by atoms with Gasteiger partial charge in [0.05, 0.1) is 11.7 Å². The first kappa shape index (κ1) is 19.9. The number of hydrogen-bond acceptors (Lipinski definition) is 4. The second-order valence-corrected chi connectivity index (χ2v) is 13.2. The molecule has 0 fully saturated rings. The highest BCUT2D eigenvalue weighted by molar-refractivity contribution is 6.74. The Morgan fingerprint density at radius 3 is 2.44 bits per heavy atom. The Bertz CT molecular complexity index is 641. The molecule has 0 amide bonds. The van der Waals surface area contributed by atoms with Crippen LogP contribution >= 0.6 is 0 Å². The summed E-state index contributed by atoms with van der Waals surface area (Å²) in [6.07, 6.45) is 2.28. The van der Waals surface area contributed by atoms with E-state index in [-0.39, 0.29) is 23.7 Å². The van der Waals surface area contributed by atoms with Gasteiger partial charge in [-0.25, -0.2) is 4.79 Å². The predicted octanol–water partition coefficient (Wildman–Crippen LogP) is 4.31. The summed E-state index contributed by atoms with van der Waals surface area (Å²) in [5.74, 6) is -0.383. The summed E-state index contributed by atoms with van der Waals surface area (Å²) in [7, 11) is -1.99. The van der Waals surface area contributed by atoms with Crippen LogP contribution in [0.15, 0.2) is 42.0 Å². The van der Waals surface area contributed by atoms with Crippen molar-refractivity contribution in [3.63, 3.8) is 0 Å². The van der Waals surface area contributed by atoms with Gasteiger partial charge in [-0.1, -0.05) is 45.0 Å². The van der Waals surface area contributed by atoms with Gasteiger partial charge in [0.1, 0.15) is 12.2 Å². The van der Waals surface area contributed by atoms with Gasteiger partial charge in [0, 0.05) is 0 Å². The van der Waals surface area contributed by atoms with Gasteiger partial charge < -0.3 is 14.3 Å². The molecule has 5 heteroatoms. The maximum absolute atomic E-state index is 12.1. The summed E-state index contributed by atoms with van der Waals surface area (Å²) in [6, 6.07) is 8.87. The van der Waals surface area contributed by atoms with E-state index in [0.717, 1.165) is 0 Å². The molecule has 1 aromatic carbocycles. The van der Waals surface area contributed by atoms with Crippen LogP contribution < -0.4 is 0 Å². The van der Waals surface area contributed by atoms with E-state index in [1.54, 1.807) is 31.2 Å². The van der Waals surface area contributed by atoms with E-state index in [4.69, 9.17) is 9.16 Å². The molecule has 0 bridgehead atoms. The molecule has 0 saturated carbocycles. The van der Waals surface area contributed by atoms with E-state index < -0.39 is 13.9 Å². The first-order valence-electron chi connectivity index (χ1n) is 8.77. The zero-order chi connectivity index (χ0) is 18.9. The lowest BCUT2D eigenvalue weighted by atomic mass is 9.96. The SMILES string of the molecule is CC(C)(C)[Si](C)(C)O[C@H]1CC=C(COC(=O)c2ccccc2)[C@]1(C)O. The van der Waals surface area contributed by atoms with Gasteiger partial charge in [-0.05, 0) is 49.2 Å². The van der Waals surface area contributed by atoms with Gasteiger partial charge >= 0.3 is 5.97 Å². The van der Waals surface area contributed by atoms with Gasteiger partial charge in [0.15, 0.2) is 8.32 Å². The van der Waals surface area contributed by atoms with Gasteiger partial charge in [-0.2, -0.15) is 0 Å². The predicted molar refractivity (Wildman–Crippen MR) is 102 cm³/mol. The quantitative estimate of drug-likeness (QED) is 0.482. The second-order valence-electron chi connectivity index (χ2n) is 8.42. The van der Waals surface area contributed by atoms with Crippen LogP contribution in [0.2, 0.25) is 18.1 Å². The molecule has 2 atom stereocenters. The van der Waals surface area contributed by atoms with Gasteiger partial charge in [-0.15, -0.1) is 0 Å². The first-order chi connectivity index (χ1) is 11.4. The fraction of sp³-hybridized carbons (Fsp3) is 0.550. The van der Waals surface area contributed by atoms with Crippen LogP contribution in [0.5, 0.6) is 0 Å². The fourth-order valence-corrected chi connectivity index (χ4v) is 3.98. The zero-order valence-electron chi connectivity index (χ0n) is 16.1. The topological polar surface area (TPSA) is 55.8 Å². The number of benzene rings is 1. The van der Waals surface area contributed by atoms with Crippen molar-refractivity contribution < 1.29 is 19.1 Å². The molecule has 2 rings (SSSR count). The lowest BCUT2D eigenvalue weighted by Crippen LogP contribution is -2.50. The van der Waals surface area contributed by atoms with Crippen molar-refractivity contribution in [2.45, 2.75) is 64.0 Å². The summed E-state index contributed by atoms with van der Waals surface area (Å²) in [5, 5.41) is 11.0. The molecule has 1 aromatic rings. The van der Waals surface area contributed by atoms with E-state index in [2.05, 4.69) is 33.9 Å². The minimum absolute atomic E-state index is 0.0750. The van der Waals surface area contributed by atoms with Crippen molar-refractivity contribution in [1.29, 1.82) is 0 Å². The summed E-state index contributed by atoms with van der Waals surface area (Å²) in [6.45, 7) is 12.7. The monoisotopic (exact) mass is 362 g/mol. The maximum Gasteiger partial charge on any atom is 0.338 e. The number of carbonyl (C=O) groups excluding carboxylic acids is 1. The summed E-state index contributed by atoms with van der Waals surface area (Å²) < 4.78 is 11.8. The molecule has 1 N–H and O–H groups in total. The molecule has 138 valence electrons. The Balaban J connectivity index is 1.99. The molecular formula is C20H30O4Si. The molecular weight excluding hydrogens is 332 g/mol. The van der Waals surface area contributed by atoms with Crippen LogP contribution in [0.3, 0.4) is 0 Å². The Labute approximate surface area is 152 Å². The average Bonchev–Trinajstić information content (AvgIpc) is 2.79. The van der Waals surface area contributed by atoms with Gasteiger partial charge in [0.25, 0.3) is 0 Å². The summed E-state index contributed by atoms with van der Waals surface area (Å²) >= 11 is 0. The lowest BCUT2D eigenvalue weighted by molar-refractivity contribution is -0.0213. The molecule has 0 aromatic heterocycles. The number of rotatable bonds is 5. The third-order valence-electron chi connectivity index (χ3n) is 5.47. The van der Waals surface area contributed by atoms with Crippen LogP contribution in [0.25, 0.3) is 0 Å². The largest absolute Gasteiger partial charge is 0.457 e. The Morgan fingerprint density at radius 1 is 1.28 bits per heavy atom. The van der Waals surface area contributed by atoms with Crippen LogP contribution in [0.1, 0.15) is 44.5 Å². The van der Waals surface area contributed by atoms with Gasteiger partial charge in [-0.3, -0.25) is 0 Å². The first-order valence-corrected chi connectivity index (χ1v) is 11.7. The van der Waals surface area contributed by atoms with E-state index in [0.29, 0.717) is 17.6 Å². The molecule has 0 unspecified atom stereocenters. The number of aliphatic hydroxyl groups is 1. The van der Waals surface area contributed by atoms with E-state index >= 15 is 0 Å². The molecule has 0 aliphatic heterocycles. The minimum Gasteiger partial charge on any atom is -0.457 e. The van der Waals surface area contributed by atoms with Crippen LogP contribution in [-0.2, 0) is 9.16 Å². The number of ether oxygens (including phenoxy) is 1. The molecule has 0 spiro atoms. The van der Waals surface area contributed by atoms with Crippen LogP contribution in [0, 0.1) is 0 Å². The number of carbonyl (C=O) groups is 1. The zero-order valence-corrected chi connectivity index (χ0v) is 17.1. The van der Waals surface area contributed by atoms with E-state index in [1.165, 1.54) is 0 Å². The van der Waals surface area contributed by atoms with Crippen LogP contribution in [0.4, 0.5) is 0 Å². The normalized spacial score (nSPS) is 24.1. The van der Waals surface area contributed by atoms with Crippen molar-refractivity contribution in [3.8, 4) is 0 Å². The van der Waals surface area contributed by atoms with Crippen LogP contribution in [-0.4, -0.2) is 37.7 Å². The Hall–Kier alpha value is -1.43. The average molecular weight is 363 g/mol. The van der Waals surface area contributed by atoms with E-state index in [1.807, 2.05) is 12.1 Å². The molecule has 0 heterocycles. The highest BCUT2D eigenvalue weighted by Crippen LogP contribution is 2.42. The Morgan fingerprint density at radius 2 is 1.88 bits per heavy atom. The minimum atomic E-state index is -1.99. The number of hydrogen-bond donors (Lipinski definition) is 1. The standard InChI is InChI=1S/C20H30O4Si/c1-19(2,3)25(5,6)24-17-13-12-16(20(17,4)22)14-23-18(21)15-10-8-7-9-11-15/h7-12,17,22H,13-14H2,1-6H3/t17-,20-/m0/s1. The third-order valence-corrected chi connectivity index (χ3v) is 9.95. The second kappa shape index (κ2) is 7.06. The summed E-state index contributed by atoms with van der Waals surface area (Å²) in [4.78, 5) is 12.1. The van der Waals surface area contributed by atoms with Crippen molar-refractivity contribution in [3.05, 3.63) is 47.5 Å². The van der Waals surface area contributed by atoms with Crippen molar-refractivity contribution in [2.24, 2.45) is 0 Å². The maximum atomic E-state index is 12.1. The molecule has 25 heavy (non-hydrogen) atoms. The van der Waals surface area contributed by atoms with Crippen molar-refractivity contribution in [1.82, 2.24) is 0 Å². The van der Waals surface area contributed by atoms with E-state index in [9.17, 15) is 9.90 Å². The molecule has 1 aliphatic carbocycles. The molecule has 1 aliphatic rings. The lowest BCUT2D eigenvalue weighted by Gasteiger charge is -2.42. The fourth-order valence-electron chi connectivity index (χ4n) is 2.59. The molecule has 4 nitrogen and oxygen atoms in total. The number of esters is 1. The Kier molecular flexibility index (Phi) is 5.61. The smallest absolute Gasteiger partial charge is 0.338 e. The van der Waals surface area contributed by atoms with Crippen molar-refractivity contribution in [2.75, 3.05) is 6.61 Å². The molecule has 0 saturated heterocycles. The highest BCUT2D eigenvalue weighted by Gasteiger charge is 2.47. The third kappa shape index (κ3) is 4.40. The molecule has 0 radical (unpaired) electrons.